The van der Waals surface area contributed by atoms with Gasteiger partial charge in [-0.05, 0) is 44.3 Å². The first-order valence-electron chi connectivity index (χ1n) is 8.73. The minimum Gasteiger partial charge on any atom is -0.493 e. The van der Waals surface area contributed by atoms with Gasteiger partial charge in [0.15, 0.2) is 0 Å². The topological polar surface area (TPSA) is 103 Å². The highest BCUT2D eigenvalue weighted by molar-refractivity contribution is 6.30. The second-order valence-electron chi connectivity index (χ2n) is 5.90. The molecule has 9 heteroatoms. The third-order valence-corrected chi connectivity index (χ3v) is 4.47. The molecule has 146 valence electrons. The van der Waals surface area contributed by atoms with Gasteiger partial charge in [-0.1, -0.05) is 25.4 Å². The highest BCUT2D eigenvalue weighted by Gasteiger charge is 2.18. The minimum atomic E-state index is -0.745. The van der Waals surface area contributed by atoms with E-state index in [0.717, 1.165) is 24.2 Å². The maximum Gasteiger partial charge on any atom is 0.335 e. The van der Waals surface area contributed by atoms with Gasteiger partial charge in [0.25, 0.3) is 5.56 Å². The number of nitrogens with one attached hydrogen (secondary N) is 2. The SMILES string of the molecule is CCN(CC)CCN/N=C(\C)c1c(O)n(-c2ccc(Cl)cc2)c(=O)[nH]c1=O. The fourth-order valence-electron chi connectivity index (χ4n) is 2.66. The molecule has 2 aromatic rings. The fourth-order valence-corrected chi connectivity index (χ4v) is 2.79. The predicted molar refractivity (Wildman–Crippen MR) is 107 cm³/mol. The van der Waals surface area contributed by atoms with Gasteiger partial charge in [0, 0.05) is 18.1 Å². The van der Waals surface area contributed by atoms with E-state index in [2.05, 4.69) is 34.3 Å². The van der Waals surface area contributed by atoms with Gasteiger partial charge in [0.05, 0.1) is 11.4 Å². The summed E-state index contributed by atoms with van der Waals surface area (Å²) in [4.78, 5) is 28.8. The Labute approximate surface area is 162 Å². The first-order chi connectivity index (χ1) is 12.9. The second-order valence-corrected chi connectivity index (χ2v) is 6.34. The number of halogens is 1. The molecule has 0 aliphatic rings. The van der Waals surface area contributed by atoms with E-state index >= 15 is 0 Å². The molecule has 0 saturated heterocycles. The number of aromatic nitrogens is 2. The van der Waals surface area contributed by atoms with Crippen LogP contribution in [0.2, 0.25) is 5.02 Å². The zero-order chi connectivity index (χ0) is 20.0. The number of H-pyrrole nitrogens is 1. The standard InChI is InChI=1S/C18H24ClN5O3/c1-4-23(5-2)11-10-20-22-12(3)15-16(25)21-18(27)24(17(15)26)14-8-6-13(19)7-9-14/h6-9,20,26H,4-5,10-11H2,1-3H3,(H,21,25,27)/b22-12+. The molecule has 0 saturated carbocycles. The molecule has 8 nitrogen and oxygen atoms in total. The van der Waals surface area contributed by atoms with Crippen LogP contribution >= 0.6 is 11.6 Å². The number of hydrogen-bond donors (Lipinski definition) is 3. The minimum absolute atomic E-state index is 0.0695. The van der Waals surface area contributed by atoms with E-state index in [0.29, 0.717) is 17.3 Å². The summed E-state index contributed by atoms with van der Waals surface area (Å²) in [6.07, 6.45) is 0. The van der Waals surface area contributed by atoms with Crippen molar-refractivity contribution in [2.24, 2.45) is 5.10 Å². The molecule has 2 rings (SSSR count). The number of benzene rings is 1. The summed E-state index contributed by atoms with van der Waals surface area (Å²) >= 11 is 5.86. The highest BCUT2D eigenvalue weighted by Crippen LogP contribution is 2.18. The normalized spacial score (nSPS) is 11.8. The zero-order valence-corrected chi connectivity index (χ0v) is 16.4. The number of aromatic amines is 1. The van der Waals surface area contributed by atoms with E-state index < -0.39 is 17.1 Å². The highest BCUT2D eigenvalue weighted by atomic mass is 35.5. The third-order valence-electron chi connectivity index (χ3n) is 4.21. The lowest BCUT2D eigenvalue weighted by molar-refractivity contribution is 0.303. The summed E-state index contributed by atoms with van der Waals surface area (Å²) in [6, 6.07) is 6.31. The van der Waals surface area contributed by atoms with Crippen LogP contribution in [0.25, 0.3) is 5.69 Å². The largest absolute Gasteiger partial charge is 0.493 e. The molecule has 0 bridgehead atoms. The van der Waals surface area contributed by atoms with Crippen molar-refractivity contribution in [2.75, 3.05) is 26.2 Å². The first-order valence-corrected chi connectivity index (χ1v) is 9.10. The van der Waals surface area contributed by atoms with Crippen molar-refractivity contribution >= 4 is 17.3 Å². The van der Waals surface area contributed by atoms with Crippen LogP contribution in [-0.2, 0) is 0 Å². The van der Waals surface area contributed by atoms with Crippen molar-refractivity contribution in [2.45, 2.75) is 20.8 Å². The monoisotopic (exact) mass is 393 g/mol. The molecule has 27 heavy (non-hydrogen) atoms. The van der Waals surface area contributed by atoms with Crippen LogP contribution in [0.4, 0.5) is 0 Å². The van der Waals surface area contributed by atoms with Crippen LogP contribution in [0.1, 0.15) is 26.3 Å². The number of likely N-dealkylation sites (N-methyl/N-ethyl adjacent to an activating group) is 1. The molecule has 0 fully saturated rings. The lowest BCUT2D eigenvalue weighted by atomic mass is 10.2. The molecular weight excluding hydrogens is 370 g/mol. The zero-order valence-electron chi connectivity index (χ0n) is 15.6. The Morgan fingerprint density at radius 3 is 2.48 bits per heavy atom. The number of nitrogens with zero attached hydrogens (tertiary/aromatic N) is 3. The lowest BCUT2D eigenvalue weighted by Gasteiger charge is -2.17. The summed E-state index contributed by atoms with van der Waals surface area (Å²) < 4.78 is 1.00. The van der Waals surface area contributed by atoms with Crippen molar-refractivity contribution in [3.05, 3.63) is 55.7 Å². The van der Waals surface area contributed by atoms with Crippen molar-refractivity contribution in [3.8, 4) is 11.6 Å². The predicted octanol–water partition coefficient (Wildman–Crippen LogP) is 1.54. The molecule has 1 aromatic heterocycles. The van der Waals surface area contributed by atoms with Gasteiger partial charge in [0.1, 0.15) is 5.56 Å². The molecule has 0 amide bonds. The van der Waals surface area contributed by atoms with Gasteiger partial charge in [0.2, 0.25) is 5.88 Å². The Morgan fingerprint density at radius 2 is 1.89 bits per heavy atom. The van der Waals surface area contributed by atoms with Crippen molar-refractivity contribution in [1.82, 2.24) is 19.9 Å². The number of rotatable bonds is 8. The average molecular weight is 394 g/mol. The average Bonchev–Trinajstić information content (AvgIpc) is 2.63. The van der Waals surface area contributed by atoms with E-state index in [-0.39, 0.29) is 11.3 Å². The van der Waals surface area contributed by atoms with Crippen molar-refractivity contribution in [3.63, 3.8) is 0 Å². The molecular formula is C18H24ClN5O3. The lowest BCUT2D eigenvalue weighted by Crippen LogP contribution is -2.33. The quantitative estimate of drug-likeness (QED) is 0.358. The van der Waals surface area contributed by atoms with Gasteiger partial charge in [-0.15, -0.1) is 0 Å². The van der Waals surface area contributed by atoms with E-state index in [4.69, 9.17) is 11.6 Å². The molecule has 3 N–H and O–H groups in total. The van der Waals surface area contributed by atoms with Gasteiger partial charge in [-0.2, -0.15) is 5.10 Å². The van der Waals surface area contributed by atoms with Crippen molar-refractivity contribution < 1.29 is 5.11 Å². The summed E-state index contributed by atoms with van der Waals surface area (Å²) in [6.45, 7) is 9.02. The maximum absolute atomic E-state index is 12.2. The van der Waals surface area contributed by atoms with Crippen LogP contribution in [0.3, 0.4) is 0 Å². The Balaban J connectivity index is 2.32. The van der Waals surface area contributed by atoms with E-state index in [1.54, 1.807) is 31.2 Å². The number of hydrazone groups is 1. The smallest absolute Gasteiger partial charge is 0.335 e. The Bertz CT molecular complexity index is 914. The Kier molecular flexibility index (Phi) is 7.20. The number of hydrogen-bond acceptors (Lipinski definition) is 6. The van der Waals surface area contributed by atoms with Gasteiger partial charge in [-0.3, -0.25) is 9.78 Å². The van der Waals surface area contributed by atoms with Crippen LogP contribution in [-0.4, -0.2) is 51.4 Å². The summed E-state index contributed by atoms with van der Waals surface area (Å²) in [5.41, 5.74) is 2.03. The summed E-state index contributed by atoms with van der Waals surface area (Å²) in [5.74, 6) is -0.474. The second kappa shape index (κ2) is 9.38. The van der Waals surface area contributed by atoms with Crippen LogP contribution in [0.15, 0.2) is 39.0 Å². The van der Waals surface area contributed by atoms with Crippen molar-refractivity contribution in [1.29, 1.82) is 0 Å². The van der Waals surface area contributed by atoms with Crippen LogP contribution in [0, 0.1) is 0 Å². The van der Waals surface area contributed by atoms with Crippen LogP contribution in [0.5, 0.6) is 5.88 Å². The van der Waals surface area contributed by atoms with E-state index in [9.17, 15) is 14.7 Å². The molecule has 0 aliphatic carbocycles. The van der Waals surface area contributed by atoms with Gasteiger partial charge < -0.3 is 15.4 Å². The van der Waals surface area contributed by atoms with E-state index in [1.165, 1.54) is 0 Å². The third kappa shape index (κ3) is 4.99. The molecule has 0 spiro atoms. The Morgan fingerprint density at radius 1 is 1.26 bits per heavy atom. The summed E-state index contributed by atoms with van der Waals surface area (Å²) in [5, 5.41) is 15.2. The molecule has 0 aliphatic heterocycles. The fraction of sp³-hybridized carbons (Fsp3) is 0.389. The molecule has 1 heterocycles. The first kappa shape index (κ1) is 20.7. The van der Waals surface area contributed by atoms with Gasteiger partial charge >= 0.3 is 5.69 Å². The molecule has 0 radical (unpaired) electrons. The van der Waals surface area contributed by atoms with E-state index in [1.807, 2.05) is 0 Å². The molecule has 1 aromatic carbocycles. The number of aromatic hydroxyl groups is 1. The van der Waals surface area contributed by atoms with Gasteiger partial charge in [-0.25, -0.2) is 9.36 Å². The Hall–Kier alpha value is -2.58. The van der Waals surface area contributed by atoms with Crippen LogP contribution < -0.4 is 16.7 Å². The summed E-state index contributed by atoms with van der Waals surface area (Å²) in [7, 11) is 0. The molecule has 0 unspecified atom stereocenters. The maximum atomic E-state index is 12.2. The molecule has 0 atom stereocenters.